The number of nitrogens with zero attached hydrogens (tertiary/aromatic N) is 2. The first-order chi connectivity index (χ1) is 8.39. The molecule has 7 heteroatoms. The van der Waals surface area contributed by atoms with E-state index in [1.54, 1.807) is 7.05 Å². The quantitative estimate of drug-likeness (QED) is 0.778. The summed E-state index contributed by atoms with van der Waals surface area (Å²) in [6, 6.07) is 0. The van der Waals surface area contributed by atoms with Crippen LogP contribution in [0.5, 0.6) is 0 Å². The Labute approximate surface area is 109 Å². The summed E-state index contributed by atoms with van der Waals surface area (Å²) < 4.78 is 27.1. The second-order valence-corrected chi connectivity index (χ2v) is 6.75. The van der Waals surface area contributed by atoms with Crippen molar-refractivity contribution in [1.82, 2.24) is 8.61 Å². The molecule has 0 aromatic heterocycles. The van der Waals surface area contributed by atoms with Crippen molar-refractivity contribution < 1.29 is 18.3 Å². The van der Waals surface area contributed by atoms with E-state index >= 15 is 0 Å². The monoisotopic (exact) mass is 278 g/mol. The highest BCUT2D eigenvalue weighted by molar-refractivity contribution is 7.86. The third-order valence-electron chi connectivity index (χ3n) is 3.28. The molecular formula is C11H22N2O4S. The number of unbranched alkanes of at least 4 members (excludes halogenated alkanes) is 1. The van der Waals surface area contributed by atoms with Gasteiger partial charge in [-0.2, -0.15) is 17.0 Å². The SMILES string of the molecule is CCCCN(C)S(=O)(=O)N1CCCC(C(=O)O)C1. The van der Waals surface area contributed by atoms with Gasteiger partial charge in [0.2, 0.25) is 0 Å². The molecule has 1 saturated heterocycles. The number of hydrogen-bond donors (Lipinski definition) is 1. The third kappa shape index (κ3) is 3.66. The predicted molar refractivity (Wildman–Crippen MR) is 68.4 cm³/mol. The molecule has 1 aliphatic heterocycles. The van der Waals surface area contributed by atoms with E-state index in [2.05, 4.69) is 0 Å². The molecule has 1 N–H and O–H groups in total. The number of rotatable bonds is 6. The molecule has 1 atom stereocenters. The van der Waals surface area contributed by atoms with Gasteiger partial charge in [0.1, 0.15) is 0 Å². The minimum Gasteiger partial charge on any atom is -0.481 e. The van der Waals surface area contributed by atoms with Crippen molar-refractivity contribution in [2.24, 2.45) is 5.92 Å². The van der Waals surface area contributed by atoms with Gasteiger partial charge in [-0.15, -0.1) is 0 Å². The number of hydrogen-bond acceptors (Lipinski definition) is 3. The minimum atomic E-state index is -3.50. The van der Waals surface area contributed by atoms with E-state index in [4.69, 9.17) is 5.11 Å². The lowest BCUT2D eigenvalue weighted by atomic mass is 10.0. The maximum absolute atomic E-state index is 12.2. The van der Waals surface area contributed by atoms with E-state index in [1.165, 1.54) is 8.61 Å². The van der Waals surface area contributed by atoms with E-state index in [-0.39, 0.29) is 6.54 Å². The van der Waals surface area contributed by atoms with Crippen LogP contribution in [0.2, 0.25) is 0 Å². The van der Waals surface area contributed by atoms with Crippen molar-refractivity contribution >= 4 is 16.2 Å². The lowest BCUT2D eigenvalue weighted by Crippen LogP contribution is -2.48. The molecule has 1 aliphatic rings. The standard InChI is InChI=1S/C11H22N2O4S/c1-3-4-7-12(2)18(16,17)13-8-5-6-10(9-13)11(14)15/h10H,3-9H2,1-2H3,(H,14,15). The van der Waals surface area contributed by atoms with Crippen molar-refractivity contribution in [3.8, 4) is 0 Å². The molecule has 6 nitrogen and oxygen atoms in total. The molecule has 1 rings (SSSR count). The molecule has 1 fully saturated rings. The first-order valence-corrected chi connectivity index (χ1v) is 7.73. The topological polar surface area (TPSA) is 77.9 Å². The van der Waals surface area contributed by atoms with Gasteiger partial charge < -0.3 is 5.11 Å². The highest BCUT2D eigenvalue weighted by Gasteiger charge is 2.34. The lowest BCUT2D eigenvalue weighted by Gasteiger charge is -2.32. The lowest BCUT2D eigenvalue weighted by molar-refractivity contribution is -0.142. The second kappa shape index (κ2) is 6.49. The summed E-state index contributed by atoms with van der Waals surface area (Å²) in [4.78, 5) is 10.9. The average Bonchev–Trinajstić information content (AvgIpc) is 2.35. The molecule has 1 heterocycles. The fourth-order valence-electron chi connectivity index (χ4n) is 2.05. The van der Waals surface area contributed by atoms with Crippen LogP contribution in [0.1, 0.15) is 32.6 Å². The Morgan fingerprint density at radius 2 is 2.17 bits per heavy atom. The van der Waals surface area contributed by atoms with Gasteiger partial charge in [-0.3, -0.25) is 4.79 Å². The molecule has 0 amide bonds. The second-order valence-electron chi connectivity index (χ2n) is 4.72. The van der Waals surface area contributed by atoms with Gasteiger partial charge in [0.05, 0.1) is 5.92 Å². The average molecular weight is 278 g/mol. The smallest absolute Gasteiger partial charge is 0.307 e. The highest BCUT2D eigenvalue weighted by Crippen LogP contribution is 2.20. The maximum atomic E-state index is 12.2. The summed E-state index contributed by atoms with van der Waals surface area (Å²) in [7, 11) is -1.95. The Morgan fingerprint density at radius 1 is 1.50 bits per heavy atom. The van der Waals surface area contributed by atoms with Crippen molar-refractivity contribution in [1.29, 1.82) is 0 Å². The Morgan fingerprint density at radius 3 is 2.72 bits per heavy atom. The zero-order valence-electron chi connectivity index (χ0n) is 11.0. The van der Waals surface area contributed by atoms with E-state index in [0.29, 0.717) is 25.9 Å². The van der Waals surface area contributed by atoms with Gasteiger partial charge in [-0.25, -0.2) is 0 Å². The fraction of sp³-hybridized carbons (Fsp3) is 0.909. The summed E-state index contributed by atoms with van der Waals surface area (Å²) in [6.07, 6.45) is 2.90. The molecule has 0 saturated carbocycles. The molecular weight excluding hydrogens is 256 g/mol. The van der Waals surface area contributed by atoms with Crippen LogP contribution < -0.4 is 0 Å². The molecule has 0 radical (unpaired) electrons. The van der Waals surface area contributed by atoms with E-state index < -0.39 is 22.1 Å². The van der Waals surface area contributed by atoms with Crippen LogP contribution in [0.25, 0.3) is 0 Å². The van der Waals surface area contributed by atoms with E-state index in [1.807, 2.05) is 6.92 Å². The molecule has 0 aliphatic carbocycles. The van der Waals surface area contributed by atoms with Crippen LogP contribution in [0.3, 0.4) is 0 Å². The van der Waals surface area contributed by atoms with Crippen LogP contribution in [-0.2, 0) is 15.0 Å². The van der Waals surface area contributed by atoms with Gasteiger partial charge >= 0.3 is 5.97 Å². The van der Waals surface area contributed by atoms with Crippen molar-refractivity contribution in [3.63, 3.8) is 0 Å². The molecule has 106 valence electrons. The Balaban J connectivity index is 2.69. The van der Waals surface area contributed by atoms with Crippen LogP contribution in [0.4, 0.5) is 0 Å². The van der Waals surface area contributed by atoms with Gasteiger partial charge in [0, 0.05) is 26.7 Å². The number of carboxylic acids is 1. The molecule has 0 spiro atoms. The molecule has 18 heavy (non-hydrogen) atoms. The van der Waals surface area contributed by atoms with Crippen molar-refractivity contribution in [2.45, 2.75) is 32.6 Å². The van der Waals surface area contributed by atoms with E-state index in [9.17, 15) is 13.2 Å². The third-order valence-corrected chi connectivity index (χ3v) is 5.23. The number of carboxylic acid groups (broad SMARTS) is 1. The zero-order valence-corrected chi connectivity index (χ0v) is 11.8. The normalized spacial score (nSPS) is 22.3. The summed E-state index contributed by atoms with van der Waals surface area (Å²) >= 11 is 0. The van der Waals surface area contributed by atoms with Crippen LogP contribution >= 0.6 is 0 Å². The largest absolute Gasteiger partial charge is 0.481 e. The highest BCUT2D eigenvalue weighted by atomic mass is 32.2. The summed E-state index contributed by atoms with van der Waals surface area (Å²) in [6.45, 7) is 2.99. The van der Waals surface area contributed by atoms with Crippen molar-refractivity contribution in [3.05, 3.63) is 0 Å². The van der Waals surface area contributed by atoms with Gasteiger partial charge in [0.15, 0.2) is 0 Å². The summed E-state index contributed by atoms with van der Waals surface area (Å²) in [5.74, 6) is -1.49. The van der Waals surface area contributed by atoms with Crippen molar-refractivity contribution in [2.75, 3.05) is 26.7 Å². The minimum absolute atomic E-state index is 0.0914. The van der Waals surface area contributed by atoms with Crippen LogP contribution in [-0.4, -0.2) is 54.8 Å². The summed E-state index contributed by atoms with van der Waals surface area (Å²) in [5, 5.41) is 8.97. The Hall–Kier alpha value is -0.660. The summed E-state index contributed by atoms with van der Waals surface area (Å²) in [5.41, 5.74) is 0. The fourth-order valence-corrected chi connectivity index (χ4v) is 3.53. The first-order valence-electron chi connectivity index (χ1n) is 6.33. The van der Waals surface area contributed by atoms with Crippen LogP contribution in [0.15, 0.2) is 0 Å². The molecule has 0 bridgehead atoms. The van der Waals surface area contributed by atoms with Gasteiger partial charge in [0.25, 0.3) is 10.2 Å². The predicted octanol–water partition coefficient (Wildman–Crippen LogP) is 0.760. The van der Waals surface area contributed by atoms with Gasteiger partial charge in [-0.05, 0) is 19.3 Å². The van der Waals surface area contributed by atoms with E-state index in [0.717, 1.165) is 12.8 Å². The zero-order chi connectivity index (χ0) is 13.8. The number of carbonyl (C=O) groups is 1. The van der Waals surface area contributed by atoms with Crippen LogP contribution in [0, 0.1) is 5.92 Å². The Kier molecular flexibility index (Phi) is 5.55. The van der Waals surface area contributed by atoms with Gasteiger partial charge in [-0.1, -0.05) is 13.3 Å². The molecule has 0 aromatic carbocycles. The first kappa shape index (κ1) is 15.4. The maximum Gasteiger partial charge on any atom is 0.307 e. The number of piperidine rings is 1. The Bertz CT molecular complexity index is 383. The molecule has 0 aromatic rings. The molecule has 1 unspecified atom stereocenters. The number of aliphatic carboxylic acids is 1.